The van der Waals surface area contributed by atoms with E-state index in [9.17, 15) is 9.18 Å². The van der Waals surface area contributed by atoms with Crippen molar-refractivity contribution in [3.05, 3.63) is 29.6 Å². The Kier molecular flexibility index (Phi) is 5.58. The van der Waals surface area contributed by atoms with Crippen molar-refractivity contribution in [3.8, 4) is 5.75 Å². The number of hydrogen-bond donors (Lipinski definition) is 1. The van der Waals surface area contributed by atoms with Gasteiger partial charge in [0.1, 0.15) is 6.04 Å². The van der Waals surface area contributed by atoms with Crippen molar-refractivity contribution < 1.29 is 18.7 Å². The highest BCUT2D eigenvalue weighted by molar-refractivity contribution is 5.75. The van der Waals surface area contributed by atoms with E-state index in [-0.39, 0.29) is 11.7 Å². The Morgan fingerprint density at radius 2 is 2.22 bits per heavy atom. The maximum absolute atomic E-state index is 13.4. The molecule has 1 atom stereocenters. The summed E-state index contributed by atoms with van der Waals surface area (Å²) in [5.74, 6) is -0.524. The lowest BCUT2D eigenvalue weighted by molar-refractivity contribution is -0.145. The number of rotatable bonds is 6. The van der Waals surface area contributed by atoms with Crippen molar-refractivity contribution in [2.45, 2.75) is 26.4 Å². The first kappa shape index (κ1) is 14.4. The van der Waals surface area contributed by atoms with Gasteiger partial charge < -0.3 is 14.8 Å². The SMILES string of the molecule is CCOC(=O)C(C)NCc1ccc(OC)c(F)c1. The average Bonchev–Trinajstić information content (AvgIpc) is 2.36. The van der Waals surface area contributed by atoms with Crippen LogP contribution >= 0.6 is 0 Å². The quantitative estimate of drug-likeness (QED) is 0.788. The molecule has 1 N–H and O–H groups in total. The number of ether oxygens (including phenoxy) is 2. The van der Waals surface area contributed by atoms with E-state index < -0.39 is 11.9 Å². The summed E-state index contributed by atoms with van der Waals surface area (Å²) in [5.41, 5.74) is 0.740. The van der Waals surface area contributed by atoms with Crippen molar-refractivity contribution in [2.24, 2.45) is 0 Å². The maximum Gasteiger partial charge on any atom is 0.322 e. The summed E-state index contributed by atoms with van der Waals surface area (Å²) in [7, 11) is 1.42. The van der Waals surface area contributed by atoms with Gasteiger partial charge in [-0.05, 0) is 31.5 Å². The van der Waals surface area contributed by atoms with Crippen LogP contribution in [0.25, 0.3) is 0 Å². The van der Waals surface area contributed by atoms with Crippen LogP contribution < -0.4 is 10.1 Å². The van der Waals surface area contributed by atoms with Crippen molar-refractivity contribution >= 4 is 5.97 Å². The number of carbonyl (C=O) groups excluding carboxylic acids is 1. The van der Waals surface area contributed by atoms with Gasteiger partial charge in [-0.15, -0.1) is 0 Å². The Morgan fingerprint density at radius 1 is 1.50 bits per heavy atom. The molecule has 0 heterocycles. The van der Waals surface area contributed by atoms with Gasteiger partial charge in [0.25, 0.3) is 0 Å². The van der Waals surface area contributed by atoms with E-state index in [1.807, 2.05) is 0 Å². The fourth-order valence-electron chi connectivity index (χ4n) is 1.44. The smallest absolute Gasteiger partial charge is 0.322 e. The summed E-state index contributed by atoms with van der Waals surface area (Å²) in [6.45, 7) is 4.20. The standard InChI is InChI=1S/C13H18FNO3/c1-4-18-13(16)9(2)15-8-10-5-6-12(17-3)11(14)7-10/h5-7,9,15H,4,8H2,1-3H3. The van der Waals surface area contributed by atoms with Gasteiger partial charge in [0.2, 0.25) is 0 Å². The highest BCUT2D eigenvalue weighted by Crippen LogP contribution is 2.17. The maximum atomic E-state index is 13.4. The third-order valence-electron chi connectivity index (χ3n) is 2.47. The molecule has 1 rings (SSSR count). The molecule has 0 bridgehead atoms. The van der Waals surface area contributed by atoms with Crippen LogP contribution in [0.4, 0.5) is 4.39 Å². The van der Waals surface area contributed by atoms with Crippen molar-refractivity contribution in [1.82, 2.24) is 5.32 Å². The van der Waals surface area contributed by atoms with E-state index in [2.05, 4.69) is 5.32 Å². The molecule has 0 spiro atoms. The topological polar surface area (TPSA) is 47.6 Å². The second-order valence-electron chi connectivity index (χ2n) is 3.82. The summed E-state index contributed by atoms with van der Waals surface area (Å²) < 4.78 is 23.1. The number of halogens is 1. The van der Waals surface area contributed by atoms with E-state index in [1.165, 1.54) is 13.2 Å². The largest absolute Gasteiger partial charge is 0.494 e. The van der Waals surface area contributed by atoms with E-state index in [1.54, 1.807) is 26.0 Å². The number of nitrogens with one attached hydrogen (secondary N) is 1. The first-order valence-electron chi connectivity index (χ1n) is 5.81. The predicted molar refractivity (Wildman–Crippen MR) is 65.9 cm³/mol. The summed E-state index contributed by atoms with van der Waals surface area (Å²) in [5, 5.41) is 2.97. The molecule has 5 heteroatoms. The molecular weight excluding hydrogens is 237 g/mol. The molecule has 100 valence electrons. The molecule has 0 fully saturated rings. The van der Waals surface area contributed by atoms with E-state index in [4.69, 9.17) is 9.47 Å². The first-order valence-corrected chi connectivity index (χ1v) is 5.81. The molecule has 0 saturated heterocycles. The second-order valence-corrected chi connectivity index (χ2v) is 3.82. The Balaban J connectivity index is 2.53. The number of hydrogen-bond acceptors (Lipinski definition) is 4. The minimum absolute atomic E-state index is 0.206. The van der Waals surface area contributed by atoms with Gasteiger partial charge in [0, 0.05) is 6.54 Å². The second kappa shape index (κ2) is 6.96. The normalized spacial score (nSPS) is 12.0. The third kappa shape index (κ3) is 4.00. The molecule has 0 amide bonds. The highest BCUT2D eigenvalue weighted by Gasteiger charge is 2.13. The van der Waals surface area contributed by atoms with Gasteiger partial charge in [-0.25, -0.2) is 4.39 Å². The average molecular weight is 255 g/mol. The van der Waals surface area contributed by atoms with Crippen molar-refractivity contribution in [3.63, 3.8) is 0 Å². The minimum Gasteiger partial charge on any atom is -0.494 e. The molecule has 0 radical (unpaired) electrons. The Morgan fingerprint density at radius 3 is 2.78 bits per heavy atom. The van der Waals surface area contributed by atoms with Gasteiger partial charge in [0.05, 0.1) is 13.7 Å². The van der Waals surface area contributed by atoms with Crippen LogP contribution in [-0.4, -0.2) is 25.7 Å². The third-order valence-corrected chi connectivity index (χ3v) is 2.47. The van der Waals surface area contributed by atoms with Gasteiger partial charge in [0.15, 0.2) is 11.6 Å². The summed E-state index contributed by atoms with van der Waals surface area (Å²) in [4.78, 5) is 11.4. The fraction of sp³-hybridized carbons (Fsp3) is 0.462. The summed E-state index contributed by atoms with van der Waals surface area (Å²) in [6.07, 6.45) is 0. The van der Waals surface area contributed by atoms with Crippen LogP contribution in [0.15, 0.2) is 18.2 Å². The molecule has 0 aromatic heterocycles. The monoisotopic (exact) mass is 255 g/mol. The lowest BCUT2D eigenvalue weighted by Crippen LogP contribution is -2.34. The van der Waals surface area contributed by atoms with Crippen LogP contribution in [0.5, 0.6) is 5.75 Å². The van der Waals surface area contributed by atoms with Gasteiger partial charge in [-0.1, -0.05) is 6.07 Å². The van der Waals surface area contributed by atoms with Crippen molar-refractivity contribution in [2.75, 3.05) is 13.7 Å². The van der Waals surface area contributed by atoms with Gasteiger partial charge >= 0.3 is 5.97 Å². The zero-order valence-electron chi connectivity index (χ0n) is 10.8. The Bertz CT molecular complexity index is 409. The molecule has 0 aliphatic heterocycles. The molecule has 1 aromatic carbocycles. The Labute approximate surface area is 106 Å². The Hall–Kier alpha value is -1.62. The zero-order valence-corrected chi connectivity index (χ0v) is 10.8. The summed E-state index contributed by atoms with van der Waals surface area (Å²) in [6, 6.07) is 4.26. The molecule has 1 aromatic rings. The van der Waals surface area contributed by atoms with Gasteiger partial charge in [-0.2, -0.15) is 0 Å². The van der Waals surface area contributed by atoms with Crippen LogP contribution in [0.2, 0.25) is 0 Å². The van der Waals surface area contributed by atoms with Crippen LogP contribution in [0.3, 0.4) is 0 Å². The molecule has 4 nitrogen and oxygen atoms in total. The highest BCUT2D eigenvalue weighted by atomic mass is 19.1. The van der Waals surface area contributed by atoms with E-state index in [0.717, 1.165) is 5.56 Å². The van der Waals surface area contributed by atoms with Crippen LogP contribution in [0.1, 0.15) is 19.4 Å². The molecule has 18 heavy (non-hydrogen) atoms. The lowest BCUT2D eigenvalue weighted by Gasteiger charge is -2.12. The first-order chi connectivity index (χ1) is 8.58. The minimum atomic E-state index is -0.421. The predicted octanol–water partition coefficient (Wildman–Crippen LogP) is 1.88. The fourth-order valence-corrected chi connectivity index (χ4v) is 1.44. The molecular formula is C13H18FNO3. The number of carbonyl (C=O) groups is 1. The van der Waals surface area contributed by atoms with Crippen LogP contribution in [0, 0.1) is 5.82 Å². The molecule has 0 saturated carbocycles. The van der Waals surface area contributed by atoms with Crippen molar-refractivity contribution in [1.29, 1.82) is 0 Å². The number of benzene rings is 1. The number of esters is 1. The van der Waals surface area contributed by atoms with Crippen LogP contribution in [-0.2, 0) is 16.1 Å². The van der Waals surface area contributed by atoms with E-state index >= 15 is 0 Å². The molecule has 1 unspecified atom stereocenters. The molecule has 0 aliphatic rings. The lowest BCUT2D eigenvalue weighted by atomic mass is 10.2. The summed E-state index contributed by atoms with van der Waals surface area (Å²) >= 11 is 0. The van der Waals surface area contributed by atoms with E-state index in [0.29, 0.717) is 13.2 Å². The number of methoxy groups -OCH3 is 1. The molecule has 0 aliphatic carbocycles. The van der Waals surface area contributed by atoms with Gasteiger partial charge in [-0.3, -0.25) is 4.79 Å². The zero-order chi connectivity index (χ0) is 13.5.